The van der Waals surface area contributed by atoms with Gasteiger partial charge in [-0.15, -0.1) is 0 Å². The van der Waals surface area contributed by atoms with Crippen molar-refractivity contribution in [2.75, 3.05) is 17.3 Å². The Bertz CT molecular complexity index is 820. The number of amidine groups is 1. The topological polar surface area (TPSA) is 36.9 Å². The third-order valence-corrected chi connectivity index (χ3v) is 4.87. The van der Waals surface area contributed by atoms with E-state index in [1.807, 2.05) is 24.3 Å². The summed E-state index contributed by atoms with van der Waals surface area (Å²) in [5.74, 6) is 1.67. The number of nitrogens with one attached hydrogen (secondary N) is 1. The Kier molecular flexibility index (Phi) is 4.52. The maximum atomic E-state index is 5.56. The Morgan fingerprint density at radius 2 is 1.64 bits per heavy atom. The number of methoxy groups -OCH3 is 1. The van der Waals surface area contributed by atoms with E-state index in [1.165, 1.54) is 11.1 Å². The summed E-state index contributed by atoms with van der Waals surface area (Å²) in [5, 5.41) is 4.08. The maximum absolute atomic E-state index is 5.56. The Morgan fingerprint density at radius 3 is 2.20 bits per heavy atom. The molecular formula is C20H23N3OS. The lowest BCUT2D eigenvalue weighted by molar-refractivity contribution is 0.415. The molecule has 5 heteroatoms. The van der Waals surface area contributed by atoms with Gasteiger partial charge in [0.25, 0.3) is 0 Å². The predicted molar refractivity (Wildman–Crippen MR) is 109 cm³/mol. The van der Waals surface area contributed by atoms with E-state index < -0.39 is 0 Å². The molecule has 0 amide bonds. The molecule has 0 aromatic heterocycles. The molecule has 1 aliphatic rings. The first-order valence-corrected chi connectivity index (χ1v) is 8.66. The molecule has 0 saturated heterocycles. The summed E-state index contributed by atoms with van der Waals surface area (Å²) in [4.78, 5) is 6.72. The van der Waals surface area contributed by atoms with Gasteiger partial charge in [0.1, 0.15) is 11.6 Å². The number of hydrogen-bond acceptors (Lipinski definition) is 3. The lowest BCUT2D eigenvalue weighted by Crippen LogP contribution is -2.49. The zero-order valence-corrected chi connectivity index (χ0v) is 16.1. The van der Waals surface area contributed by atoms with E-state index in [1.54, 1.807) is 7.11 Å². The van der Waals surface area contributed by atoms with Gasteiger partial charge in [-0.3, -0.25) is 0 Å². The highest BCUT2D eigenvalue weighted by Crippen LogP contribution is 2.33. The Hall–Kier alpha value is -2.40. The van der Waals surface area contributed by atoms with Crippen LogP contribution in [0.2, 0.25) is 0 Å². The molecule has 0 unspecified atom stereocenters. The SMILES string of the molecule is COc1ccc(N2C(=S)N=C(Nc3c(C)cccc3C)C2(C)C)cc1. The van der Waals surface area contributed by atoms with Gasteiger partial charge in [0.15, 0.2) is 0 Å². The fourth-order valence-corrected chi connectivity index (χ4v) is 3.53. The smallest absolute Gasteiger partial charge is 0.202 e. The number of benzene rings is 2. The molecule has 0 atom stereocenters. The number of aryl methyl sites for hydroxylation is 2. The van der Waals surface area contributed by atoms with Crippen LogP contribution in [0.1, 0.15) is 25.0 Å². The lowest BCUT2D eigenvalue weighted by atomic mass is 10.0. The second-order valence-electron chi connectivity index (χ2n) is 6.73. The van der Waals surface area contributed by atoms with E-state index in [2.05, 4.69) is 61.1 Å². The number of aliphatic imine (C=N–C) groups is 1. The molecular weight excluding hydrogens is 330 g/mol. The van der Waals surface area contributed by atoms with Crippen LogP contribution in [0, 0.1) is 13.8 Å². The highest BCUT2D eigenvalue weighted by molar-refractivity contribution is 7.80. The van der Waals surface area contributed by atoms with Crippen molar-refractivity contribution in [1.29, 1.82) is 0 Å². The molecule has 4 nitrogen and oxygen atoms in total. The summed E-state index contributed by atoms with van der Waals surface area (Å²) in [6.45, 7) is 8.43. The van der Waals surface area contributed by atoms with Gasteiger partial charge in [-0.05, 0) is 75.3 Å². The number of rotatable bonds is 3. The van der Waals surface area contributed by atoms with Crippen molar-refractivity contribution in [1.82, 2.24) is 0 Å². The first kappa shape index (κ1) is 17.4. The van der Waals surface area contributed by atoms with Crippen molar-refractivity contribution in [2.24, 2.45) is 4.99 Å². The first-order chi connectivity index (χ1) is 11.8. The van der Waals surface area contributed by atoms with Gasteiger partial charge < -0.3 is 15.0 Å². The molecule has 0 bridgehead atoms. The quantitative estimate of drug-likeness (QED) is 0.811. The fourth-order valence-electron chi connectivity index (χ4n) is 3.10. The molecule has 1 N–H and O–H groups in total. The number of ether oxygens (including phenoxy) is 1. The lowest BCUT2D eigenvalue weighted by Gasteiger charge is -2.34. The highest BCUT2D eigenvalue weighted by atomic mass is 32.1. The summed E-state index contributed by atoms with van der Waals surface area (Å²) in [5.41, 5.74) is 4.09. The zero-order chi connectivity index (χ0) is 18.2. The van der Waals surface area contributed by atoms with Crippen molar-refractivity contribution in [3.8, 4) is 5.75 Å². The molecule has 0 spiro atoms. The Labute approximate surface area is 154 Å². The molecule has 1 heterocycles. The molecule has 0 saturated carbocycles. The molecule has 0 radical (unpaired) electrons. The summed E-state index contributed by atoms with van der Waals surface area (Å²) >= 11 is 5.56. The van der Waals surface area contributed by atoms with Crippen LogP contribution >= 0.6 is 12.2 Å². The number of nitrogens with zero attached hydrogens (tertiary/aromatic N) is 2. The second kappa shape index (κ2) is 6.48. The minimum absolute atomic E-state index is 0.375. The molecule has 0 aliphatic carbocycles. The molecule has 25 heavy (non-hydrogen) atoms. The van der Waals surface area contributed by atoms with E-state index in [-0.39, 0.29) is 5.54 Å². The standard InChI is InChI=1S/C20H23N3OS/c1-13-7-6-8-14(2)17(13)21-18-20(3,4)23(19(25)22-18)15-9-11-16(24-5)12-10-15/h6-12H,1-5H3,(H,21,22,25). The van der Waals surface area contributed by atoms with Crippen LogP contribution in [-0.4, -0.2) is 23.6 Å². The van der Waals surface area contributed by atoms with Gasteiger partial charge >= 0.3 is 0 Å². The number of thiocarbonyl (C=S) groups is 1. The highest BCUT2D eigenvalue weighted by Gasteiger charge is 2.41. The minimum atomic E-state index is -0.375. The fraction of sp³-hybridized carbons (Fsp3) is 0.300. The van der Waals surface area contributed by atoms with Gasteiger partial charge in [-0.2, -0.15) is 0 Å². The van der Waals surface area contributed by atoms with E-state index >= 15 is 0 Å². The Morgan fingerprint density at radius 1 is 1.04 bits per heavy atom. The number of hydrogen-bond donors (Lipinski definition) is 1. The molecule has 2 aromatic rings. The number of para-hydroxylation sites is 1. The largest absolute Gasteiger partial charge is 0.497 e. The molecule has 130 valence electrons. The average molecular weight is 353 g/mol. The van der Waals surface area contributed by atoms with Crippen LogP contribution in [0.4, 0.5) is 11.4 Å². The van der Waals surface area contributed by atoms with Crippen LogP contribution in [0.15, 0.2) is 47.5 Å². The molecule has 2 aromatic carbocycles. The first-order valence-electron chi connectivity index (χ1n) is 8.25. The monoisotopic (exact) mass is 353 g/mol. The van der Waals surface area contributed by atoms with E-state index in [0.29, 0.717) is 5.11 Å². The van der Waals surface area contributed by atoms with Crippen LogP contribution < -0.4 is 15.0 Å². The average Bonchev–Trinajstić information content (AvgIpc) is 2.80. The van der Waals surface area contributed by atoms with E-state index in [0.717, 1.165) is 23.0 Å². The predicted octanol–water partition coefficient (Wildman–Crippen LogP) is 4.71. The molecule has 3 rings (SSSR count). The van der Waals surface area contributed by atoms with Gasteiger partial charge in [0.2, 0.25) is 5.11 Å². The van der Waals surface area contributed by atoms with E-state index in [4.69, 9.17) is 17.0 Å². The Balaban J connectivity index is 1.93. The molecule has 0 fully saturated rings. The van der Waals surface area contributed by atoms with Gasteiger partial charge in [0, 0.05) is 11.4 Å². The summed E-state index contributed by atoms with van der Waals surface area (Å²) < 4.78 is 5.24. The van der Waals surface area contributed by atoms with Gasteiger partial charge in [-0.25, -0.2) is 4.99 Å². The third-order valence-electron chi connectivity index (χ3n) is 4.59. The van der Waals surface area contributed by atoms with Crippen molar-refractivity contribution in [2.45, 2.75) is 33.2 Å². The summed E-state index contributed by atoms with van der Waals surface area (Å²) in [7, 11) is 1.66. The van der Waals surface area contributed by atoms with Crippen molar-refractivity contribution in [3.05, 3.63) is 53.6 Å². The van der Waals surface area contributed by atoms with Crippen LogP contribution in [0.5, 0.6) is 5.75 Å². The molecule has 1 aliphatic heterocycles. The van der Waals surface area contributed by atoms with Crippen molar-refractivity contribution >= 4 is 34.5 Å². The van der Waals surface area contributed by atoms with Gasteiger partial charge in [0.05, 0.1) is 12.6 Å². The third kappa shape index (κ3) is 3.12. The van der Waals surface area contributed by atoms with Gasteiger partial charge in [-0.1, -0.05) is 18.2 Å². The van der Waals surface area contributed by atoms with Crippen molar-refractivity contribution < 1.29 is 4.74 Å². The van der Waals surface area contributed by atoms with Crippen LogP contribution in [0.3, 0.4) is 0 Å². The summed E-state index contributed by atoms with van der Waals surface area (Å²) in [6.07, 6.45) is 0. The van der Waals surface area contributed by atoms with Crippen molar-refractivity contribution in [3.63, 3.8) is 0 Å². The summed E-state index contributed by atoms with van der Waals surface area (Å²) in [6, 6.07) is 14.1. The van der Waals surface area contributed by atoms with Crippen LogP contribution in [0.25, 0.3) is 0 Å². The zero-order valence-electron chi connectivity index (χ0n) is 15.3. The maximum Gasteiger partial charge on any atom is 0.202 e. The minimum Gasteiger partial charge on any atom is -0.497 e. The number of anilines is 2. The van der Waals surface area contributed by atoms with Crippen LogP contribution in [-0.2, 0) is 0 Å². The second-order valence-corrected chi connectivity index (χ2v) is 7.09. The van der Waals surface area contributed by atoms with E-state index in [9.17, 15) is 0 Å². The normalized spacial score (nSPS) is 16.0.